The zero-order valence-electron chi connectivity index (χ0n) is 14.1. The zero-order chi connectivity index (χ0) is 18.3. The van der Waals surface area contributed by atoms with Crippen LogP contribution in [0.4, 0.5) is 4.79 Å². The molecule has 0 bridgehead atoms. The molecule has 1 aliphatic heterocycles. The Kier molecular flexibility index (Phi) is 5.43. The Hall–Kier alpha value is -0.980. The van der Waals surface area contributed by atoms with E-state index in [9.17, 15) is 13.2 Å². The maximum absolute atomic E-state index is 12.4. The Morgan fingerprint density at radius 3 is 2.46 bits per heavy atom. The second-order valence-corrected chi connectivity index (χ2v) is 9.94. The van der Waals surface area contributed by atoms with Gasteiger partial charge in [0.25, 0.3) is 0 Å². The summed E-state index contributed by atoms with van der Waals surface area (Å²) in [5, 5.41) is -0.153. The third kappa shape index (κ3) is 4.35. The summed E-state index contributed by atoms with van der Waals surface area (Å²) in [5.74, 6) is 0. The third-order valence-electron chi connectivity index (χ3n) is 3.77. The summed E-state index contributed by atoms with van der Waals surface area (Å²) in [6.45, 7) is 5.64. The molecule has 5 nitrogen and oxygen atoms in total. The normalized spacial score (nSPS) is 18.8. The van der Waals surface area contributed by atoms with Crippen LogP contribution < -0.4 is 0 Å². The molecule has 0 saturated heterocycles. The minimum Gasteiger partial charge on any atom is -0.444 e. The van der Waals surface area contributed by atoms with Crippen LogP contribution in [0.25, 0.3) is 0 Å². The van der Waals surface area contributed by atoms with Crippen LogP contribution >= 0.6 is 23.2 Å². The van der Waals surface area contributed by atoms with Gasteiger partial charge >= 0.3 is 6.09 Å². The van der Waals surface area contributed by atoms with E-state index in [4.69, 9.17) is 27.9 Å². The van der Waals surface area contributed by atoms with Crippen LogP contribution in [-0.4, -0.2) is 44.4 Å². The first-order valence-corrected chi connectivity index (χ1v) is 10.2. The quantitative estimate of drug-likeness (QED) is 0.726. The monoisotopic (exact) mass is 393 g/mol. The van der Waals surface area contributed by atoms with Crippen LogP contribution in [-0.2, 0) is 21.0 Å². The summed E-state index contributed by atoms with van der Waals surface area (Å²) < 4.78 is 30.0. The van der Waals surface area contributed by atoms with Gasteiger partial charge in [-0.2, -0.15) is 0 Å². The van der Waals surface area contributed by atoms with Gasteiger partial charge in [0.1, 0.15) is 10.9 Å². The highest BCUT2D eigenvalue weighted by atomic mass is 35.5. The first kappa shape index (κ1) is 19.3. The minimum absolute atomic E-state index is 0.0265. The van der Waals surface area contributed by atoms with Crippen molar-refractivity contribution in [2.45, 2.75) is 38.0 Å². The van der Waals surface area contributed by atoms with Crippen molar-refractivity contribution in [2.75, 3.05) is 19.3 Å². The number of fused-ring (bicyclic) bond motifs is 1. The van der Waals surface area contributed by atoms with Crippen molar-refractivity contribution in [2.24, 2.45) is 0 Å². The maximum atomic E-state index is 12.4. The number of rotatable bonds is 1. The minimum atomic E-state index is -3.45. The predicted octanol–water partition coefficient (Wildman–Crippen LogP) is 3.87. The molecular formula is C16H21Cl2NO4S. The van der Waals surface area contributed by atoms with Gasteiger partial charge < -0.3 is 9.64 Å². The molecule has 0 N–H and O–H groups in total. The van der Waals surface area contributed by atoms with Gasteiger partial charge in [-0.05, 0) is 44.4 Å². The number of nitrogens with zero attached hydrogens (tertiary/aromatic N) is 1. The highest BCUT2D eigenvalue weighted by Crippen LogP contribution is 2.37. The molecule has 1 unspecified atom stereocenters. The van der Waals surface area contributed by atoms with E-state index in [0.29, 0.717) is 34.1 Å². The lowest BCUT2D eigenvalue weighted by Gasteiger charge is -2.28. The van der Waals surface area contributed by atoms with Crippen molar-refractivity contribution in [3.63, 3.8) is 0 Å². The van der Waals surface area contributed by atoms with E-state index in [1.54, 1.807) is 32.9 Å². The van der Waals surface area contributed by atoms with Crippen molar-refractivity contribution in [3.8, 4) is 0 Å². The summed E-state index contributed by atoms with van der Waals surface area (Å²) in [4.78, 5) is 13.8. The van der Waals surface area contributed by atoms with E-state index in [1.807, 2.05) is 0 Å². The van der Waals surface area contributed by atoms with E-state index >= 15 is 0 Å². The van der Waals surface area contributed by atoms with Crippen molar-refractivity contribution in [1.29, 1.82) is 0 Å². The van der Waals surface area contributed by atoms with E-state index in [-0.39, 0.29) is 6.54 Å². The van der Waals surface area contributed by atoms with Gasteiger partial charge in [-0.25, -0.2) is 13.2 Å². The van der Waals surface area contributed by atoms with Crippen molar-refractivity contribution in [1.82, 2.24) is 4.90 Å². The average Bonchev–Trinajstić information content (AvgIpc) is 2.60. The van der Waals surface area contributed by atoms with Crippen LogP contribution in [0.1, 0.15) is 37.1 Å². The molecule has 2 rings (SSSR count). The Morgan fingerprint density at radius 1 is 1.29 bits per heavy atom. The number of carbonyl (C=O) groups is 1. The molecule has 0 radical (unpaired) electrons. The fraction of sp³-hybridized carbons (Fsp3) is 0.562. The highest BCUT2D eigenvalue weighted by molar-refractivity contribution is 7.91. The number of sulfone groups is 1. The molecule has 1 aromatic carbocycles. The molecule has 0 aliphatic carbocycles. The first-order chi connectivity index (χ1) is 10.9. The van der Waals surface area contributed by atoms with Gasteiger partial charge in [-0.3, -0.25) is 0 Å². The average molecular weight is 394 g/mol. The molecule has 8 heteroatoms. The lowest BCUT2D eigenvalue weighted by Crippen LogP contribution is -2.40. The molecule has 0 aromatic heterocycles. The number of hydrogen-bond acceptors (Lipinski definition) is 4. The van der Waals surface area contributed by atoms with Gasteiger partial charge in [0, 0.05) is 19.3 Å². The van der Waals surface area contributed by atoms with Gasteiger partial charge in [-0.15, -0.1) is 0 Å². The summed E-state index contributed by atoms with van der Waals surface area (Å²) in [7, 11) is -3.45. The highest BCUT2D eigenvalue weighted by Gasteiger charge is 2.35. The van der Waals surface area contributed by atoms with E-state index in [1.165, 1.54) is 4.90 Å². The predicted molar refractivity (Wildman–Crippen MR) is 95.6 cm³/mol. The van der Waals surface area contributed by atoms with E-state index in [2.05, 4.69) is 0 Å². The molecule has 1 amide bonds. The van der Waals surface area contributed by atoms with Gasteiger partial charge in [0.2, 0.25) is 0 Å². The number of hydrogen-bond donors (Lipinski definition) is 0. The SMILES string of the molecule is CC(C)(C)OC(=O)N1CCc2c(ccc(Cl)c2Cl)C(S(C)(=O)=O)C1. The van der Waals surface area contributed by atoms with Crippen molar-refractivity contribution < 1.29 is 17.9 Å². The largest absolute Gasteiger partial charge is 0.444 e. The Balaban J connectivity index is 2.44. The lowest BCUT2D eigenvalue weighted by atomic mass is 10.0. The fourth-order valence-electron chi connectivity index (χ4n) is 2.66. The van der Waals surface area contributed by atoms with Crippen LogP contribution in [0.5, 0.6) is 0 Å². The third-order valence-corrected chi connectivity index (χ3v) is 6.05. The van der Waals surface area contributed by atoms with Crippen LogP contribution in [0.3, 0.4) is 0 Å². The smallest absolute Gasteiger partial charge is 0.410 e. The summed E-state index contributed by atoms with van der Waals surface area (Å²) in [6, 6.07) is 3.26. The number of benzene rings is 1. The standard InChI is InChI=1S/C16H21Cl2NO4S/c1-16(2,3)23-15(20)19-8-7-11-10(5-6-12(17)14(11)18)13(9-19)24(4,21)22/h5-6,13H,7-9H2,1-4H3. The zero-order valence-corrected chi connectivity index (χ0v) is 16.4. The van der Waals surface area contributed by atoms with Gasteiger partial charge in [0.05, 0.1) is 10.0 Å². The van der Waals surface area contributed by atoms with Crippen molar-refractivity contribution >= 4 is 39.1 Å². The molecule has 1 atom stereocenters. The molecule has 0 saturated carbocycles. The molecule has 0 spiro atoms. The van der Waals surface area contributed by atoms with Crippen LogP contribution in [0.2, 0.25) is 10.0 Å². The van der Waals surface area contributed by atoms with Crippen LogP contribution in [0, 0.1) is 0 Å². The van der Waals surface area contributed by atoms with Gasteiger partial charge in [-0.1, -0.05) is 29.3 Å². The number of ether oxygens (including phenoxy) is 1. The first-order valence-electron chi connectivity index (χ1n) is 7.53. The Labute approximate surface area is 152 Å². The van der Waals surface area contributed by atoms with Gasteiger partial charge in [0.15, 0.2) is 9.84 Å². The molecule has 24 heavy (non-hydrogen) atoms. The molecule has 1 aromatic rings. The molecule has 1 heterocycles. The number of halogens is 2. The Morgan fingerprint density at radius 2 is 1.92 bits per heavy atom. The molecular weight excluding hydrogens is 373 g/mol. The van der Waals surface area contributed by atoms with E-state index in [0.717, 1.165) is 6.26 Å². The molecule has 134 valence electrons. The fourth-order valence-corrected chi connectivity index (χ4v) is 4.23. The maximum Gasteiger partial charge on any atom is 0.410 e. The second-order valence-electron chi connectivity index (χ2n) is 6.92. The summed E-state index contributed by atoms with van der Waals surface area (Å²) in [6.07, 6.45) is 1.04. The summed E-state index contributed by atoms with van der Waals surface area (Å²) >= 11 is 12.3. The van der Waals surface area contributed by atoms with E-state index < -0.39 is 26.8 Å². The lowest BCUT2D eigenvalue weighted by molar-refractivity contribution is 0.0256. The number of carbonyl (C=O) groups excluding carboxylic acids is 1. The topological polar surface area (TPSA) is 63.7 Å². The Bertz CT molecular complexity index is 756. The second kappa shape index (κ2) is 6.73. The number of amides is 1. The molecule has 1 aliphatic rings. The van der Waals surface area contributed by atoms with Crippen LogP contribution in [0.15, 0.2) is 12.1 Å². The molecule has 0 fully saturated rings. The van der Waals surface area contributed by atoms with Crippen molar-refractivity contribution in [3.05, 3.63) is 33.3 Å². The summed E-state index contributed by atoms with van der Waals surface area (Å²) in [5.41, 5.74) is 0.612.